The van der Waals surface area contributed by atoms with Crippen molar-refractivity contribution < 1.29 is 10.8 Å². The molecule has 0 aromatic heterocycles. The third-order valence-electron chi connectivity index (χ3n) is 3.17. The summed E-state index contributed by atoms with van der Waals surface area (Å²) >= 11 is 0. The number of hydrogen-bond donors (Lipinski definition) is 1. The van der Waals surface area contributed by atoms with Gasteiger partial charge in [-0.25, -0.2) is 0 Å². The zero-order valence-corrected chi connectivity index (χ0v) is 11.2. The first kappa shape index (κ1) is 14.4. The van der Waals surface area contributed by atoms with Crippen molar-refractivity contribution in [3.63, 3.8) is 0 Å². The first-order chi connectivity index (χ1) is 8.09. The minimum atomic E-state index is 0. The minimum Gasteiger partial charge on any atom is -0.870 e. The minimum absolute atomic E-state index is 0. The van der Waals surface area contributed by atoms with Gasteiger partial charge in [0.1, 0.15) is 11.2 Å². The van der Waals surface area contributed by atoms with Crippen molar-refractivity contribution in [2.45, 2.75) is 26.3 Å². The lowest BCUT2D eigenvalue weighted by molar-refractivity contribution is -0.656. The molecule has 0 radical (unpaired) electrons. The molecule has 0 fully saturated rings. The molecule has 0 atom stereocenters. The van der Waals surface area contributed by atoms with E-state index in [2.05, 4.69) is 80.7 Å². The molecule has 2 aromatic carbocycles. The van der Waals surface area contributed by atoms with Gasteiger partial charge in [0.2, 0.25) is 0 Å². The van der Waals surface area contributed by atoms with Gasteiger partial charge in [0.25, 0.3) is 0 Å². The molecule has 0 spiro atoms. The molecule has 0 unspecified atom stereocenters. The first-order valence-corrected chi connectivity index (χ1v) is 6.07. The summed E-state index contributed by atoms with van der Waals surface area (Å²) in [6, 6.07) is 19.1. The zero-order valence-electron chi connectivity index (χ0n) is 11.2. The number of rotatable bonds is 3. The van der Waals surface area contributed by atoms with Crippen LogP contribution < -0.4 is 5.32 Å². The van der Waals surface area contributed by atoms with E-state index in [1.165, 1.54) is 16.8 Å². The topological polar surface area (TPSA) is 46.6 Å². The lowest BCUT2D eigenvalue weighted by atomic mass is 9.90. The highest BCUT2D eigenvalue weighted by molar-refractivity contribution is 5.32. The van der Waals surface area contributed by atoms with E-state index in [9.17, 15) is 0 Å². The highest BCUT2D eigenvalue weighted by Gasteiger charge is 2.26. The first-order valence-electron chi connectivity index (χ1n) is 6.07. The molecule has 0 aliphatic heterocycles. The van der Waals surface area contributed by atoms with Crippen LogP contribution in [-0.4, -0.2) is 5.48 Å². The van der Waals surface area contributed by atoms with Crippen LogP contribution in [0, 0.1) is 6.92 Å². The SMILES string of the molecule is Cc1ccccc1C(C)(C)[NH2+]c1ccccc1.[OH-]. The van der Waals surface area contributed by atoms with Crippen molar-refractivity contribution in [2.24, 2.45) is 0 Å². The number of nitrogens with two attached hydrogens (primary N) is 1. The second kappa shape index (κ2) is 5.80. The third-order valence-corrected chi connectivity index (χ3v) is 3.17. The van der Waals surface area contributed by atoms with Gasteiger partial charge in [-0.3, -0.25) is 0 Å². The van der Waals surface area contributed by atoms with E-state index < -0.39 is 0 Å². The molecular weight excluding hydrogens is 222 g/mol. The molecular formula is C16H21NO. The van der Waals surface area contributed by atoms with Gasteiger partial charge >= 0.3 is 0 Å². The Kier molecular flexibility index (Phi) is 4.65. The van der Waals surface area contributed by atoms with E-state index in [1.807, 2.05) is 0 Å². The largest absolute Gasteiger partial charge is 0.870 e. The second-order valence-corrected chi connectivity index (χ2v) is 5.09. The molecule has 0 aliphatic rings. The summed E-state index contributed by atoms with van der Waals surface area (Å²) in [5.74, 6) is 0. The average Bonchev–Trinajstić information content (AvgIpc) is 2.30. The Balaban J connectivity index is 0.00000162. The fraction of sp³-hybridized carbons (Fsp3) is 0.250. The van der Waals surface area contributed by atoms with Crippen LogP contribution in [0.3, 0.4) is 0 Å². The maximum absolute atomic E-state index is 2.33. The number of hydrogen-bond acceptors (Lipinski definition) is 1. The van der Waals surface area contributed by atoms with Gasteiger partial charge < -0.3 is 10.8 Å². The van der Waals surface area contributed by atoms with Gasteiger partial charge in [-0.05, 0) is 38.5 Å². The number of quaternary nitrogens is 1. The van der Waals surface area contributed by atoms with E-state index in [0.29, 0.717) is 0 Å². The zero-order chi connectivity index (χ0) is 12.3. The van der Waals surface area contributed by atoms with Crippen molar-refractivity contribution in [1.82, 2.24) is 0 Å². The molecule has 0 saturated carbocycles. The summed E-state index contributed by atoms with van der Waals surface area (Å²) in [5, 5.41) is 2.33. The summed E-state index contributed by atoms with van der Waals surface area (Å²) in [6.07, 6.45) is 0. The van der Waals surface area contributed by atoms with Gasteiger partial charge in [0, 0.05) is 5.56 Å². The molecule has 0 saturated heterocycles. The molecule has 0 heterocycles. The van der Waals surface area contributed by atoms with Gasteiger partial charge in [-0.2, -0.15) is 0 Å². The van der Waals surface area contributed by atoms with E-state index in [1.54, 1.807) is 0 Å². The van der Waals surface area contributed by atoms with Crippen molar-refractivity contribution in [3.05, 3.63) is 65.7 Å². The van der Waals surface area contributed by atoms with E-state index in [-0.39, 0.29) is 11.0 Å². The molecule has 0 aliphatic carbocycles. The Hall–Kier alpha value is -1.64. The Morgan fingerprint density at radius 1 is 0.833 bits per heavy atom. The highest BCUT2D eigenvalue weighted by atomic mass is 16.0. The van der Waals surface area contributed by atoms with Crippen LogP contribution in [0.25, 0.3) is 0 Å². The van der Waals surface area contributed by atoms with Crippen LogP contribution in [0.2, 0.25) is 0 Å². The number of aryl methyl sites for hydroxylation is 1. The number of para-hydroxylation sites is 1. The fourth-order valence-electron chi connectivity index (χ4n) is 2.34. The Bertz CT molecular complexity index is 491. The third kappa shape index (κ3) is 3.19. The number of benzene rings is 2. The quantitative estimate of drug-likeness (QED) is 0.828. The van der Waals surface area contributed by atoms with Crippen molar-refractivity contribution in [1.29, 1.82) is 0 Å². The molecule has 0 amide bonds. The van der Waals surface area contributed by atoms with Crippen LogP contribution in [0.1, 0.15) is 25.0 Å². The van der Waals surface area contributed by atoms with Crippen molar-refractivity contribution in [3.8, 4) is 0 Å². The van der Waals surface area contributed by atoms with E-state index in [4.69, 9.17) is 0 Å². The fourth-order valence-corrected chi connectivity index (χ4v) is 2.34. The molecule has 2 heteroatoms. The Labute approximate surface area is 109 Å². The van der Waals surface area contributed by atoms with Crippen LogP contribution in [0.4, 0.5) is 5.69 Å². The molecule has 2 aromatic rings. The smallest absolute Gasteiger partial charge is 0.130 e. The van der Waals surface area contributed by atoms with Crippen LogP contribution in [0.5, 0.6) is 0 Å². The van der Waals surface area contributed by atoms with Crippen LogP contribution in [0.15, 0.2) is 54.6 Å². The Morgan fingerprint density at radius 3 is 2.00 bits per heavy atom. The molecule has 2 nitrogen and oxygen atoms in total. The Morgan fingerprint density at radius 2 is 1.39 bits per heavy atom. The van der Waals surface area contributed by atoms with Crippen molar-refractivity contribution in [2.75, 3.05) is 0 Å². The van der Waals surface area contributed by atoms with E-state index >= 15 is 0 Å². The summed E-state index contributed by atoms with van der Waals surface area (Å²) < 4.78 is 0. The lowest BCUT2D eigenvalue weighted by Gasteiger charge is -2.24. The standard InChI is InChI=1S/C16H19N.H2O/c1-13-9-7-8-12-15(13)16(2,3)17-14-10-5-4-6-11-14;/h4-12,17H,1-3H3;1H2. The molecule has 96 valence electrons. The summed E-state index contributed by atoms with van der Waals surface area (Å²) in [4.78, 5) is 0. The molecule has 3 N–H and O–H groups in total. The average molecular weight is 243 g/mol. The van der Waals surface area contributed by atoms with Gasteiger partial charge in [0.05, 0.1) is 0 Å². The maximum atomic E-state index is 2.33. The van der Waals surface area contributed by atoms with Gasteiger partial charge in [-0.1, -0.05) is 42.5 Å². The second-order valence-electron chi connectivity index (χ2n) is 5.09. The highest BCUT2D eigenvalue weighted by Crippen LogP contribution is 2.20. The predicted molar refractivity (Wildman–Crippen MR) is 74.2 cm³/mol. The summed E-state index contributed by atoms with van der Waals surface area (Å²) in [6.45, 7) is 6.71. The van der Waals surface area contributed by atoms with Crippen molar-refractivity contribution >= 4 is 5.69 Å². The van der Waals surface area contributed by atoms with Gasteiger partial charge in [0.15, 0.2) is 0 Å². The monoisotopic (exact) mass is 243 g/mol. The van der Waals surface area contributed by atoms with Gasteiger partial charge in [-0.15, -0.1) is 0 Å². The summed E-state index contributed by atoms with van der Waals surface area (Å²) in [7, 11) is 0. The molecule has 2 rings (SSSR count). The molecule has 18 heavy (non-hydrogen) atoms. The van der Waals surface area contributed by atoms with Crippen LogP contribution >= 0.6 is 0 Å². The maximum Gasteiger partial charge on any atom is 0.130 e. The molecule has 0 bridgehead atoms. The normalized spacial score (nSPS) is 10.8. The lowest BCUT2D eigenvalue weighted by Crippen LogP contribution is -2.88. The van der Waals surface area contributed by atoms with E-state index in [0.717, 1.165) is 0 Å². The predicted octanol–water partition coefficient (Wildman–Crippen LogP) is 2.95. The van der Waals surface area contributed by atoms with Crippen LogP contribution in [-0.2, 0) is 5.54 Å². The summed E-state index contributed by atoms with van der Waals surface area (Å²) in [5.41, 5.74) is 4.08.